The van der Waals surface area contributed by atoms with Gasteiger partial charge in [-0.05, 0) is 37.1 Å². The van der Waals surface area contributed by atoms with E-state index in [1.807, 2.05) is 4.90 Å². The summed E-state index contributed by atoms with van der Waals surface area (Å²) in [6.45, 7) is 0.747. The molecule has 2 aromatic carbocycles. The van der Waals surface area contributed by atoms with E-state index >= 15 is 0 Å². The second-order valence-corrected chi connectivity index (χ2v) is 7.91. The summed E-state index contributed by atoms with van der Waals surface area (Å²) in [5.41, 5.74) is 0.595. The van der Waals surface area contributed by atoms with Gasteiger partial charge in [0.1, 0.15) is 22.1 Å². The zero-order valence-electron chi connectivity index (χ0n) is 13.9. The summed E-state index contributed by atoms with van der Waals surface area (Å²) >= 11 is 0. The van der Waals surface area contributed by atoms with Crippen LogP contribution in [0.15, 0.2) is 47.4 Å². The van der Waals surface area contributed by atoms with Gasteiger partial charge in [0.05, 0.1) is 11.9 Å². The van der Waals surface area contributed by atoms with Gasteiger partial charge in [-0.1, -0.05) is 6.07 Å². The minimum absolute atomic E-state index is 0.0841. The molecule has 1 N–H and O–H groups in total. The van der Waals surface area contributed by atoms with E-state index in [1.54, 1.807) is 12.1 Å². The summed E-state index contributed by atoms with van der Waals surface area (Å²) < 4.78 is 74.0. The third kappa shape index (κ3) is 3.67. The van der Waals surface area contributed by atoms with Gasteiger partial charge in [-0.3, -0.25) is 0 Å². The molecule has 0 aliphatic carbocycles. The Labute approximate surface area is 153 Å². The van der Waals surface area contributed by atoms with Crippen molar-refractivity contribution in [1.82, 2.24) is 4.72 Å². The molecule has 0 amide bonds. The molecule has 0 spiro atoms. The molecule has 0 bridgehead atoms. The van der Waals surface area contributed by atoms with Crippen molar-refractivity contribution < 1.29 is 31.1 Å². The van der Waals surface area contributed by atoms with E-state index in [-0.39, 0.29) is 22.6 Å². The lowest BCUT2D eigenvalue weighted by Crippen LogP contribution is -2.48. The van der Waals surface area contributed by atoms with E-state index in [1.165, 1.54) is 18.2 Å². The number of anilines is 1. The lowest BCUT2D eigenvalue weighted by Gasteiger charge is -2.33. The van der Waals surface area contributed by atoms with Crippen molar-refractivity contribution in [2.75, 3.05) is 11.4 Å². The molecule has 27 heavy (non-hydrogen) atoms. The molecule has 0 radical (unpaired) electrons. The van der Waals surface area contributed by atoms with Crippen LogP contribution in [0.5, 0.6) is 17.2 Å². The quantitative estimate of drug-likeness (QED) is 0.853. The van der Waals surface area contributed by atoms with Gasteiger partial charge < -0.3 is 14.4 Å². The molecule has 10 heteroatoms. The predicted octanol–water partition coefficient (Wildman–Crippen LogP) is 3.60. The number of nitrogens with zero attached hydrogens (tertiary/aromatic N) is 1. The van der Waals surface area contributed by atoms with E-state index in [9.17, 15) is 21.6 Å². The summed E-state index contributed by atoms with van der Waals surface area (Å²) in [6.07, 6.45) is -3.43. The molecule has 144 valence electrons. The topological polar surface area (TPSA) is 67.9 Å². The third-order valence-corrected chi connectivity index (χ3v) is 5.84. The van der Waals surface area contributed by atoms with E-state index in [0.29, 0.717) is 5.69 Å². The number of benzene rings is 2. The molecule has 4 rings (SSSR count). The van der Waals surface area contributed by atoms with Crippen LogP contribution in [0.25, 0.3) is 0 Å². The van der Waals surface area contributed by atoms with Crippen molar-refractivity contribution >= 4 is 15.7 Å². The first-order chi connectivity index (χ1) is 12.7. The number of alkyl halides is 3. The molecule has 1 unspecified atom stereocenters. The van der Waals surface area contributed by atoms with E-state index in [2.05, 4.69) is 9.46 Å². The number of rotatable bonds is 3. The number of sulfonamides is 1. The summed E-state index contributed by atoms with van der Waals surface area (Å²) in [5.74, 6) is -0.134. The average Bonchev–Trinajstić information content (AvgIpc) is 3.01. The van der Waals surface area contributed by atoms with Gasteiger partial charge in [-0.15, -0.1) is 13.2 Å². The summed E-state index contributed by atoms with van der Waals surface area (Å²) in [6, 6.07) is 9.63. The van der Waals surface area contributed by atoms with Crippen LogP contribution in [0.3, 0.4) is 0 Å². The summed E-state index contributed by atoms with van der Waals surface area (Å²) in [4.78, 5) is 2.07. The number of hydrogen-bond acceptors (Lipinski definition) is 5. The Bertz CT molecular complexity index is 978. The second kappa shape index (κ2) is 6.31. The first kappa shape index (κ1) is 17.9. The van der Waals surface area contributed by atoms with Crippen molar-refractivity contribution in [1.29, 1.82) is 0 Å². The Hall–Kier alpha value is -2.46. The molecule has 2 aromatic rings. The molecular weight excluding hydrogens is 385 g/mol. The van der Waals surface area contributed by atoms with Gasteiger partial charge in [0.15, 0.2) is 0 Å². The highest BCUT2D eigenvalue weighted by Crippen LogP contribution is 2.38. The highest BCUT2D eigenvalue weighted by molar-refractivity contribution is 7.89. The highest BCUT2D eigenvalue weighted by Gasteiger charge is 2.38. The van der Waals surface area contributed by atoms with Crippen LogP contribution in [0.1, 0.15) is 12.8 Å². The minimum Gasteiger partial charge on any atom is -0.457 e. The Morgan fingerprint density at radius 3 is 2.59 bits per heavy atom. The monoisotopic (exact) mass is 400 g/mol. The van der Waals surface area contributed by atoms with Gasteiger partial charge in [0.25, 0.3) is 0 Å². The lowest BCUT2D eigenvalue weighted by atomic mass is 10.2. The Morgan fingerprint density at radius 1 is 1.07 bits per heavy atom. The minimum atomic E-state index is -4.81. The molecule has 6 nitrogen and oxygen atoms in total. The van der Waals surface area contributed by atoms with Gasteiger partial charge in [-0.2, -0.15) is 4.72 Å². The summed E-state index contributed by atoms with van der Waals surface area (Å²) in [5, 5.41) is 0. The number of nitrogens with one attached hydrogen (secondary N) is 1. The number of hydrogen-bond donors (Lipinski definition) is 1. The predicted molar refractivity (Wildman–Crippen MR) is 90.3 cm³/mol. The maximum atomic E-state index is 12.5. The number of ether oxygens (including phenoxy) is 2. The van der Waals surface area contributed by atoms with Crippen LogP contribution < -0.4 is 19.1 Å². The smallest absolute Gasteiger partial charge is 0.457 e. The zero-order valence-corrected chi connectivity index (χ0v) is 14.7. The fourth-order valence-electron chi connectivity index (χ4n) is 3.30. The highest BCUT2D eigenvalue weighted by atomic mass is 32.2. The standard InChI is InChI=1S/C17H15F3N2O4S/c18-17(19,20)26-13-4-1-3-11(9-13)25-12-6-7-14-15(10-12)27(23,24)21-16-5-2-8-22(14)16/h1,3-4,6-7,9-10,16,21H,2,5,8H2. The number of fused-ring (bicyclic) bond motifs is 3. The van der Waals surface area contributed by atoms with Crippen molar-refractivity contribution in [2.45, 2.75) is 30.3 Å². The van der Waals surface area contributed by atoms with E-state index in [4.69, 9.17) is 4.74 Å². The summed E-state index contributed by atoms with van der Waals surface area (Å²) in [7, 11) is -3.69. The van der Waals surface area contributed by atoms with Gasteiger partial charge in [-0.25, -0.2) is 8.42 Å². The van der Waals surface area contributed by atoms with E-state index in [0.717, 1.165) is 31.5 Å². The average molecular weight is 400 g/mol. The Kier molecular flexibility index (Phi) is 4.19. The first-order valence-electron chi connectivity index (χ1n) is 8.18. The van der Waals surface area contributed by atoms with E-state index < -0.39 is 22.1 Å². The van der Waals surface area contributed by atoms with Crippen LogP contribution in [0.4, 0.5) is 18.9 Å². The zero-order chi connectivity index (χ0) is 19.2. The van der Waals surface area contributed by atoms with Crippen molar-refractivity contribution in [2.24, 2.45) is 0 Å². The van der Waals surface area contributed by atoms with Crippen molar-refractivity contribution in [3.05, 3.63) is 42.5 Å². The van der Waals surface area contributed by atoms with Crippen LogP contribution in [-0.4, -0.2) is 27.5 Å². The van der Waals surface area contributed by atoms with Gasteiger partial charge >= 0.3 is 6.36 Å². The molecule has 1 atom stereocenters. The van der Waals surface area contributed by atoms with Gasteiger partial charge in [0, 0.05) is 18.7 Å². The number of halogens is 3. The maximum Gasteiger partial charge on any atom is 0.573 e. The van der Waals surface area contributed by atoms with Crippen LogP contribution in [-0.2, 0) is 10.0 Å². The molecule has 1 fully saturated rings. The van der Waals surface area contributed by atoms with Crippen molar-refractivity contribution in [3.8, 4) is 17.2 Å². The maximum absolute atomic E-state index is 12.5. The largest absolute Gasteiger partial charge is 0.573 e. The Morgan fingerprint density at radius 2 is 1.81 bits per heavy atom. The molecule has 0 saturated carbocycles. The normalized spacial score (nSPS) is 20.7. The molecular formula is C17H15F3N2O4S. The molecule has 2 aliphatic heterocycles. The third-order valence-electron chi connectivity index (χ3n) is 4.35. The fourth-order valence-corrected chi connectivity index (χ4v) is 4.76. The molecule has 1 saturated heterocycles. The van der Waals surface area contributed by atoms with Crippen molar-refractivity contribution in [3.63, 3.8) is 0 Å². The van der Waals surface area contributed by atoms with Gasteiger partial charge in [0.2, 0.25) is 10.0 Å². The molecule has 2 heterocycles. The SMILES string of the molecule is O=S1(=O)NC2CCCN2c2ccc(Oc3cccc(OC(F)(F)F)c3)cc21. The van der Waals surface area contributed by atoms with Crippen LogP contribution in [0, 0.1) is 0 Å². The Balaban J connectivity index is 1.62. The van der Waals surface area contributed by atoms with Crippen LogP contribution in [0.2, 0.25) is 0 Å². The first-order valence-corrected chi connectivity index (χ1v) is 9.66. The second-order valence-electron chi connectivity index (χ2n) is 6.23. The molecule has 0 aromatic heterocycles. The fraction of sp³-hybridized carbons (Fsp3) is 0.294. The lowest BCUT2D eigenvalue weighted by molar-refractivity contribution is -0.274. The van der Waals surface area contributed by atoms with Crippen LogP contribution >= 0.6 is 0 Å². The molecule has 2 aliphatic rings.